The van der Waals surface area contributed by atoms with Crippen molar-refractivity contribution in [2.24, 2.45) is 0 Å². The number of carbonyl (C=O) groups excluding carboxylic acids is 2. The van der Waals surface area contributed by atoms with Gasteiger partial charge >= 0.3 is 5.97 Å². The zero-order valence-electron chi connectivity index (χ0n) is 14.3. The third kappa shape index (κ3) is 3.91. The SMILES string of the molecule is Cc1ccc(C(=O)COC(=O)c2cc([N+](=O)[O-])ccc2N2CCCC2)s1. The Morgan fingerprint density at radius 1 is 1.23 bits per heavy atom. The summed E-state index contributed by atoms with van der Waals surface area (Å²) in [6.45, 7) is 3.07. The molecule has 0 radical (unpaired) electrons. The molecule has 136 valence electrons. The summed E-state index contributed by atoms with van der Waals surface area (Å²) < 4.78 is 5.16. The number of aryl methyl sites for hydroxylation is 1. The fourth-order valence-electron chi connectivity index (χ4n) is 2.90. The second kappa shape index (κ2) is 7.65. The molecule has 0 saturated carbocycles. The maximum Gasteiger partial charge on any atom is 0.340 e. The van der Waals surface area contributed by atoms with Crippen molar-refractivity contribution in [3.8, 4) is 0 Å². The highest BCUT2D eigenvalue weighted by atomic mass is 32.1. The predicted molar refractivity (Wildman–Crippen MR) is 98.2 cm³/mol. The summed E-state index contributed by atoms with van der Waals surface area (Å²) in [6, 6.07) is 7.69. The monoisotopic (exact) mass is 374 g/mol. The zero-order valence-corrected chi connectivity index (χ0v) is 15.1. The number of ketones is 1. The van der Waals surface area contributed by atoms with Crippen molar-refractivity contribution < 1.29 is 19.2 Å². The number of thiophene rings is 1. The number of hydrogen-bond donors (Lipinski definition) is 0. The molecule has 0 bridgehead atoms. The Labute approximate surface area is 154 Å². The van der Waals surface area contributed by atoms with Gasteiger partial charge in [0.05, 0.1) is 21.1 Å². The Hall–Kier alpha value is -2.74. The number of hydrogen-bond acceptors (Lipinski definition) is 7. The summed E-state index contributed by atoms with van der Waals surface area (Å²) in [5, 5.41) is 11.0. The summed E-state index contributed by atoms with van der Waals surface area (Å²) in [4.78, 5) is 38.7. The van der Waals surface area contributed by atoms with Gasteiger partial charge in [0.25, 0.3) is 5.69 Å². The average Bonchev–Trinajstić information content (AvgIpc) is 3.30. The number of ether oxygens (including phenoxy) is 1. The van der Waals surface area contributed by atoms with Gasteiger partial charge in [-0.1, -0.05) is 0 Å². The van der Waals surface area contributed by atoms with Crippen molar-refractivity contribution in [1.29, 1.82) is 0 Å². The number of Topliss-reactive ketones (excluding diaryl/α,β-unsaturated/α-hetero) is 1. The molecule has 26 heavy (non-hydrogen) atoms. The molecule has 1 fully saturated rings. The minimum atomic E-state index is -0.725. The van der Waals surface area contributed by atoms with E-state index in [9.17, 15) is 19.7 Å². The number of nitro groups is 1. The Kier molecular flexibility index (Phi) is 5.32. The summed E-state index contributed by atoms with van der Waals surface area (Å²) in [5.74, 6) is -1.01. The van der Waals surface area contributed by atoms with E-state index < -0.39 is 10.9 Å². The molecule has 8 heteroatoms. The fourth-order valence-corrected chi connectivity index (χ4v) is 3.69. The highest BCUT2D eigenvalue weighted by Gasteiger charge is 2.24. The lowest BCUT2D eigenvalue weighted by Gasteiger charge is -2.20. The van der Waals surface area contributed by atoms with Gasteiger partial charge in [-0.25, -0.2) is 4.79 Å². The lowest BCUT2D eigenvalue weighted by atomic mass is 10.1. The van der Waals surface area contributed by atoms with E-state index in [1.165, 1.54) is 23.5 Å². The van der Waals surface area contributed by atoms with Gasteiger partial charge in [0.15, 0.2) is 6.61 Å². The molecule has 0 atom stereocenters. The molecular weight excluding hydrogens is 356 g/mol. The van der Waals surface area contributed by atoms with Crippen LogP contribution in [0.3, 0.4) is 0 Å². The Bertz CT molecular complexity index is 855. The second-order valence-electron chi connectivity index (χ2n) is 6.06. The molecule has 1 aliphatic heterocycles. The molecule has 2 heterocycles. The van der Waals surface area contributed by atoms with Crippen LogP contribution in [0.2, 0.25) is 0 Å². The third-order valence-corrected chi connectivity index (χ3v) is 5.25. The van der Waals surface area contributed by atoms with Gasteiger partial charge in [-0.3, -0.25) is 14.9 Å². The van der Waals surface area contributed by atoms with Crippen LogP contribution in [0, 0.1) is 17.0 Å². The van der Waals surface area contributed by atoms with Crippen molar-refractivity contribution >= 4 is 34.5 Å². The number of nitrogens with zero attached hydrogens (tertiary/aromatic N) is 2. The van der Waals surface area contributed by atoms with Gasteiger partial charge < -0.3 is 9.64 Å². The molecule has 0 spiro atoms. The Morgan fingerprint density at radius 3 is 2.58 bits per heavy atom. The second-order valence-corrected chi connectivity index (χ2v) is 7.35. The van der Waals surface area contributed by atoms with Crippen molar-refractivity contribution in [3.05, 3.63) is 55.8 Å². The maximum absolute atomic E-state index is 12.5. The van der Waals surface area contributed by atoms with Crippen LogP contribution in [-0.2, 0) is 4.74 Å². The molecule has 1 aromatic carbocycles. The van der Waals surface area contributed by atoms with E-state index in [0.29, 0.717) is 10.6 Å². The Balaban J connectivity index is 1.79. The van der Waals surface area contributed by atoms with Crippen LogP contribution in [0.5, 0.6) is 0 Å². The van der Waals surface area contributed by atoms with Gasteiger partial charge in [0, 0.05) is 30.1 Å². The van der Waals surface area contributed by atoms with Crippen LogP contribution in [0.1, 0.15) is 37.7 Å². The summed E-state index contributed by atoms with van der Waals surface area (Å²) >= 11 is 1.33. The van der Waals surface area contributed by atoms with E-state index in [4.69, 9.17) is 4.74 Å². The van der Waals surface area contributed by atoms with Gasteiger partial charge in [0.1, 0.15) is 0 Å². The molecule has 7 nitrogen and oxygen atoms in total. The van der Waals surface area contributed by atoms with Crippen LogP contribution in [-0.4, -0.2) is 36.4 Å². The number of rotatable bonds is 6. The number of nitro benzene ring substituents is 1. The van der Waals surface area contributed by atoms with Gasteiger partial charge in [-0.15, -0.1) is 11.3 Å². The molecule has 0 aliphatic carbocycles. The highest BCUT2D eigenvalue weighted by molar-refractivity contribution is 7.14. The lowest BCUT2D eigenvalue weighted by Crippen LogP contribution is -2.22. The van der Waals surface area contributed by atoms with Gasteiger partial charge in [-0.2, -0.15) is 0 Å². The van der Waals surface area contributed by atoms with E-state index in [-0.39, 0.29) is 23.6 Å². The van der Waals surface area contributed by atoms with E-state index >= 15 is 0 Å². The van der Waals surface area contributed by atoms with Crippen LogP contribution >= 0.6 is 11.3 Å². The van der Waals surface area contributed by atoms with E-state index in [1.54, 1.807) is 12.1 Å². The van der Waals surface area contributed by atoms with Crippen LogP contribution in [0.15, 0.2) is 30.3 Å². The van der Waals surface area contributed by atoms with Gasteiger partial charge in [-0.05, 0) is 38.0 Å². The molecule has 1 saturated heterocycles. The van der Waals surface area contributed by atoms with Crippen molar-refractivity contribution in [2.75, 3.05) is 24.6 Å². The quantitative estimate of drug-likeness (QED) is 0.332. The highest BCUT2D eigenvalue weighted by Crippen LogP contribution is 2.29. The third-order valence-electron chi connectivity index (χ3n) is 4.21. The smallest absolute Gasteiger partial charge is 0.340 e. The molecule has 3 rings (SSSR count). The van der Waals surface area contributed by atoms with Crippen molar-refractivity contribution in [2.45, 2.75) is 19.8 Å². The number of non-ortho nitro benzene ring substituents is 1. The Morgan fingerprint density at radius 2 is 1.96 bits per heavy atom. The van der Waals surface area contributed by atoms with E-state index in [2.05, 4.69) is 0 Å². The lowest BCUT2D eigenvalue weighted by molar-refractivity contribution is -0.384. The topological polar surface area (TPSA) is 89.8 Å². The standard InChI is InChI=1S/C18H18N2O5S/c1-12-4-7-17(26-12)16(21)11-25-18(22)14-10-13(20(23)24)5-6-15(14)19-8-2-3-9-19/h4-7,10H,2-3,8-9,11H2,1H3. The first kappa shape index (κ1) is 18.1. The first-order valence-electron chi connectivity index (χ1n) is 8.26. The average molecular weight is 374 g/mol. The normalized spacial score (nSPS) is 13.7. The minimum absolute atomic E-state index is 0.122. The molecule has 2 aromatic rings. The van der Waals surface area contributed by atoms with Crippen LogP contribution < -0.4 is 4.90 Å². The molecule has 1 aliphatic rings. The van der Waals surface area contributed by atoms with Gasteiger partial charge in [0.2, 0.25) is 5.78 Å². The van der Waals surface area contributed by atoms with E-state index in [0.717, 1.165) is 30.8 Å². The molecule has 0 amide bonds. The first-order valence-corrected chi connectivity index (χ1v) is 9.07. The summed E-state index contributed by atoms with van der Waals surface area (Å²) in [5.41, 5.74) is 0.550. The summed E-state index contributed by atoms with van der Waals surface area (Å²) in [7, 11) is 0. The molecule has 0 unspecified atom stereocenters. The van der Waals surface area contributed by atoms with Crippen LogP contribution in [0.4, 0.5) is 11.4 Å². The maximum atomic E-state index is 12.5. The number of esters is 1. The first-order chi connectivity index (χ1) is 12.5. The molecule has 1 aromatic heterocycles. The van der Waals surface area contributed by atoms with Crippen LogP contribution in [0.25, 0.3) is 0 Å². The van der Waals surface area contributed by atoms with Crippen molar-refractivity contribution in [1.82, 2.24) is 0 Å². The number of carbonyl (C=O) groups is 2. The van der Waals surface area contributed by atoms with Crippen molar-refractivity contribution in [3.63, 3.8) is 0 Å². The fraction of sp³-hybridized carbons (Fsp3) is 0.333. The summed E-state index contributed by atoms with van der Waals surface area (Å²) in [6.07, 6.45) is 2.00. The molecule has 0 N–H and O–H groups in total. The number of benzene rings is 1. The number of anilines is 1. The predicted octanol–water partition coefficient (Wildman–Crippen LogP) is 3.60. The zero-order chi connectivity index (χ0) is 18.7. The molecular formula is C18H18N2O5S. The van der Waals surface area contributed by atoms with E-state index in [1.807, 2.05) is 17.9 Å². The minimum Gasteiger partial charge on any atom is -0.454 e. The largest absolute Gasteiger partial charge is 0.454 e.